The first-order chi connectivity index (χ1) is 15.3. The minimum Gasteiger partial charge on any atom is -0.494 e. The van der Waals surface area contributed by atoms with Crippen molar-refractivity contribution in [3.05, 3.63) is 59.8 Å². The van der Waals surface area contributed by atoms with E-state index >= 15 is 0 Å². The summed E-state index contributed by atoms with van der Waals surface area (Å²) in [5.74, 6) is -0.308. The van der Waals surface area contributed by atoms with Gasteiger partial charge in [-0.25, -0.2) is 23.0 Å². The summed E-state index contributed by atoms with van der Waals surface area (Å²) in [5.41, 5.74) is 1.96. The Morgan fingerprint density at radius 2 is 2.00 bits per heavy atom. The highest BCUT2D eigenvalue weighted by Crippen LogP contribution is 2.29. The molecule has 1 atom stereocenters. The van der Waals surface area contributed by atoms with Crippen LogP contribution in [0.3, 0.4) is 0 Å². The Hall–Kier alpha value is -3.27. The van der Waals surface area contributed by atoms with Gasteiger partial charge in [-0.15, -0.1) is 0 Å². The normalized spacial score (nSPS) is 15.6. The Bertz CT molecular complexity index is 1250. The third kappa shape index (κ3) is 5.50. The molecule has 2 heterocycles. The standard InChI is InChI=1S/C22H23F2N5O2S/c1-32(25,30)13-14-8-16-11-17(9-14)31-7-3-2-6-26-20-10-15(4-5-18(20)23)21-19(24)12-27-22(28-16)29-21/h4-5,8-12,25-26H,2-3,6-7,13H2,1H3,(H,27,28,29). The smallest absolute Gasteiger partial charge is 0.227 e. The molecule has 4 rings (SSSR count). The van der Waals surface area contributed by atoms with Crippen LogP contribution in [0.4, 0.5) is 26.1 Å². The summed E-state index contributed by atoms with van der Waals surface area (Å²) in [4.78, 5) is 8.29. The van der Waals surface area contributed by atoms with E-state index in [0.717, 1.165) is 19.0 Å². The van der Waals surface area contributed by atoms with Crippen LogP contribution in [0.25, 0.3) is 11.3 Å². The van der Waals surface area contributed by atoms with E-state index in [-0.39, 0.29) is 23.1 Å². The molecule has 1 unspecified atom stereocenters. The van der Waals surface area contributed by atoms with E-state index in [1.165, 1.54) is 24.5 Å². The van der Waals surface area contributed by atoms with Crippen LogP contribution in [-0.2, 0) is 15.5 Å². The molecule has 0 spiro atoms. The lowest BCUT2D eigenvalue weighted by atomic mass is 10.1. The maximum atomic E-state index is 14.5. The first-order valence-corrected chi connectivity index (χ1v) is 12.2. The third-order valence-corrected chi connectivity index (χ3v) is 5.69. The molecule has 168 valence electrons. The molecular weight excluding hydrogens is 436 g/mol. The predicted molar refractivity (Wildman–Crippen MR) is 121 cm³/mol. The molecule has 3 aromatic rings. The molecule has 2 aromatic carbocycles. The molecule has 0 aliphatic carbocycles. The molecule has 1 aliphatic heterocycles. The van der Waals surface area contributed by atoms with Gasteiger partial charge in [0.25, 0.3) is 0 Å². The molecule has 6 bridgehead atoms. The van der Waals surface area contributed by atoms with E-state index in [4.69, 9.17) is 9.52 Å². The summed E-state index contributed by atoms with van der Waals surface area (Å²) in [7, 11) is -2.76. The fourth-order valence-corrected chi connectivity index (χ4v) is 4.23. The number of nitrogens with one attached hydrogen (secondary N) is 3. The molecule has 32 heavy (non-hydrogen) atoms. The maximum absolute atomic E-state index is 14.5. The monoisotopic (exact) mass is 459 g/mol. The molecule has 1 aliphatic rings. The molecule has 1 aromatic heterocycles. The molecule has 0 radical (unpaired) electrons. The molecule has 0 amide bonds. The highest BCUT2D eigenvalue weighted by molar-refractivity contribution is 7.90. The Kier molecular flexibility index (Phi) is 6.22. The van der Waals surface area contributed by atoms with Gasteiger partial charge in [0.05, 0.1) is 24.2 Å². The lowest BCUT2D eigenvalue weighted by Gasteiger charge is -2.15. The molecular formula is C22H23F2N5O2S. The second-order valence-corrected chi connectivity index (χ2v) is 10.0. The van der Waals surface area contributed by atoms with Gasteiger partial charge in [-0.3, -0.25) is 4.78 Å². The molecule has 0 fully saturated rings. The van der Waals surface area contributed by atoms with Crippen LogP contribution < -0.4 is 15.4 Å². The minimum atomic E-state index is -2.76. The van der Waals surface area contributed by atoms with Gasteiger partial charge in [-0.1, -0.05) is 0 Å². The number of halogens is 2. The Balaban J connectivity index is 1.77. The molecule has 0 saturated carbocycles. The average molecular weight is 460 g/mol. The van der Waals surface area contributed by atoms with Crippen molar-refractivity contribution in [3.63, 3.8) is 0 Å². The quantitative estimate of drug-likeness (QED) is 0.503. The fourth-order valence-electron chi connectivity index (χ4n) is 3.42. The number of anilines is 3. The summed E-state index contributed by atoms with van der Waals surface area (Å²) >= 11 is 0. The zero-order valence-electron chi connectivity index (χ0n) is 17.5. The number of rotatable bonds is 2. The second-order valence-electron chi connectivity index (χ2n) is 7.71. The van der Waals surface area contributed by atoms with Crippen LogP contribution >= 0.6 is 0 Å². The van der Waals surface area contributed by atoms with E-state index in [1.54, 1.807) is 18.2 Å². The lowest BCUT2D eigenvalue weighted by Crippen LogP contribution is -2.08. The van der Waals surface area contributed by atoms with Crippen molar-refractivity contribution in [2.24, 2.45) is 0 Å². The van der Waals surface area contributed by atoms with Gasteiger partial charge >= 0.3 is 0 Å². The van der Waals surface area contributed by atoms with Crippen LogP contribution in [-0.4, -0.2) is 33.6 Å². The van der Waals surface area contributed by atoms with Crippen LogP contribution in [0, 0.1) is 16.4 Å². The number of hydrogen-bond acceptors (Lipinski definition) is 7. The number of benzene rings is 2. The average Bonchev–Trinajstić information content (AvgIpc) is 2.71. The summed E-state index contributed by atoms with van der Waals surface area (Å²) in [5, 5.41) is 6.06. The van der Waals surface area contributed by atoms with Crippen molar-refractivity contribution < 1.29 is 17.7 Å². The number of ether oxygens (including phenoxy) is 1. The molecule has 3 N–H and O–H groups in total. The van der Waals surface area contributed by atoms with E-state index in [0.29, 0.717) is 35.7 Å². The van der Waals surface area contributed by atoms with Crippen molar-refractivity contribution in [2.45, 2.75) is 18.6 Å². The number of aromatic nitrogens is 2. The van der Waals surface area contributed by atoms with Crippen molar-refractivity contribution in [3.8, 4) is 17.0 Å². The van der Waals surface area contributed by atoms with E-state index in [9.17, 15) is 13.0 Å². The van der Waals surface area contributed by atoms with Crippen LogP contribution in [0.1, 0.15) is 18.4 Å². The molecule has 0 saturated heterocycles. The second kappa shape index (κ2) is 9.07. The third-order valence-electron chi connectivity index (χ3n) is 4.80. The van der Waals surface area contributed by atoms with Gasteiger partial charge in [0.15, 0.2) is 5.82 Å². The van der Waals surface area contributed by atoms with Crippen LogP contribution in [0.15, 0.2) is 42.6 Å². The van der Waals surface area contributed by atoms with E-state index < -0.39 is 21.4 Å². The maximum Gasteiger partial charge on any atom is 0.227 e. The predicted octanol–water partition coefficient (Wildman–Crippen LogP) is 4.93. The number of nitrogens with zero attached hydrogens (tertiary/aromatic N) is 2. The first-order valence-electron chi connectivity index (χ1n) is 10.1. The van der Waals surface area contributed by atoms with Crippen molar-refractivity contribution in [1.29, 1.82) is 4.78 Å². The summed E-state index contributed by atoms with van der Waals surface area (Å²) < 4.78 is 54.3. The summed E-state index contributed by atoms with van der Waals surface area (Å²) in [6, 6.07) is 9.51. The number of fused-ring (bicyclic) bond motifs is 7. The Labute approximate surface area is 185 Å². The topological polar surface area (TPSA) is 100.0 Å². The lowest BCUT2D eigenvalue weighted by molar-refractivity contribution is 0.308. The first kappa shape index (κ1) is 21.9. The SMILES string of the molecule is CS(=N)(=O)Cc1cc2cc(c1)OCCCCNc1cc(ccc1F)-c1nc(ncc1F)N2. The Morgan fingerprint density at radius 3 is 2.81 bits per heavy atom. The Morgan fingerprint density at radius 1 is 1.16 bits per heavy atom. The van der Waals surface area contributed by atoms with Gasteiger partial charge in [-0.2, -0.15) is 0 Å². The van der Waals surface area contributed by atoms with Gasteiger partial charge in [0.2, 0.25) is 5.95 Å². The van der Waals surface area contributed by atoms with Crippen molar-refractivity contribution >= 4 is 27.1 Å². The summed E-state index contributed by atoms with van der Waals surface area (Å²) in [6.45, 7) is 0.956. The summed E-state index contributed by atoms with van der Waals surface area (Å²) in [6.07, 6.45) is 3.89. The zero-order chi connectivity index (χ0) is 22.7. The number of hydrogen-bond donors (Lipinski definition) is 3. The largest absolute Gasteiger partial charge is 0.494 e. The van der Waals surface area contributed by atoms with Crippen LogP contribution in [0.5, 0.6) is 5.75 Å². The minimum absolute atomic E-state index is 0.0352. The van der Waals surface area contributed by atoms with Gasteiger partial charge < -0.3 is 15.4 Å². The fraction of sp³-hybridized carbons (Fsp3) is 0.273. The van der Waals surface area contributed by atoms with Crippen molar-refractivity contribution in [1.82, 2.24) is 9.97 Å². The van der Waals surface area contributed by atoms with Gasteiger partial charge in [-0.05, 0) is 48.7 Å². The van der Waals surface area contributed by atoms with E-state index in [1.807, 2.05) is 0 Å². The molecule has 10 heteroatoms. The van der Waals surface area contributed by atoms with Crippen molar-refractivity contribution in [2.75, 3.05) is 30.0 Å². The van der Waals surface area contributed by atoms with E-state index in [2.05, 4.69) is 20.6 Å². The highest BCUT2D eigenvalue weighted by Gasteiger charge is 2.14. The molecule has 7 nitrogen and oxygen atoms in total. The van der Waals surface area contributed by atoms with Gasteiger partial charge in [0, 0.05) is 39.8 Å². The zero-order valence-corrected chi connectivity index (χ0v) is 18.3. The van der Waals surface area contributed by atoms with Gasteiger partial charge in [0.1, 0.15) is 17.3 Å². The van der Waals surface area contributed by atoms with Crippen LogP contribution in [0.2, 0.25) is 0 Å². The highest BCUT2D eigenvalue weighted by atomic mass is 32.2.